The maximum Gasteiger partial charge on any atom is 0.0890 e. The van der Waals surface area contributed by atoms with Crippen LogP contribution in [0.2, 0.25) is 5.02 Å². The van der Waals surface area contributed by atoms with Crippen LogP contribution in [-0.4, -0.2) is 9.97 Å². The number of hydrogen-bond acceptors (Lipinski definition) is 2. The summed E-state index contributed by atoms with van der Waals surface area (Å²) in [5, 5.41) is 0.686. The zero-order valence-electron chi connectivity index (χ0n) is 8.66. The van der Waals surface area contributed by atoms with Gasteiger partial charge in [-0.25, -0.2) is 4.98 Å². The van der Waals surface area contributed by atoms with Crippen LogP contribution in [0.15, 0.2) is 30.3 Å². The summed E-state index contributed by atoms with van der Waals surface area (Å²) in [6.07, 6.45) is 0. The van der Waals surface area contributed by atoms with E-state index in [0.29, 0.717) is 5.02 Å². The van der Waals surface area contributed by atoms with Crippen LogP contribution in [0.4, 0.5) is 0 Å². The predicted octanol–water partition coefficient (Wildman–Crippen LogP) is 3.41. The number of hydrogen-bond donors (Lipinski definition) is 0. The van der Waals surface area contributed by atoms with Crippen LogP contribution >= 0.6 is 11.6 Å². The van der Waals surface area contributed by atoms with Crippen molar-refractivity contribution < 1.29 is 0 Å². The molecule has 0 radical (unpaired) electrons. The van der Waals surface area contributed by atoms with Crippen molar-refractivity contribution in [2.75, 3.05) is 0 Å². The first-order valence-corrected chi connectivity index (χ1v) is 5.12. The molecule has 0 amide bonds. The van der Waals surface area contributed by atoms with E-state index in [1.807, 2.05) is 44.2 Å². The number of rotatable bonds is 1. The molecule has 0 atom stereocenters. The molecular weight excluding hydrogens is 208 g/mol. The molecule has 0 aliphatic rings. The molecule has 0 saturated carbocycles. The highest BCUT2D eigenvalue weighted by molar-refractivity contribution is 6.31. The van der Waals surface area contributed by atoms with Crippen molar-refractivity contribution in [3.8, 4) is 11.4 Å². The third kappa shape index (κ3) is 2.16. The molecule has 0 bridgehead atoms. The van der Waals surface area contributed by atoms with Crippen LogP contribution < -0.4 is 0 Å². The quantitative estimate of drug-likeness (QED) is 0.733. The van der Waals surface area contributed by atoms with Gasteiger partial charge in [-0.3, -0.25) is 4.98 Å². The zero-order valence-corrected chi connectivity index (χ0v) is 9.42. The van der Waals surface area contributed by atoms with Crippen molar-refractivity contribution in [3.63, 3.8) is 0 Å². The smallest absolute Gasteiger partial charge is 0.0890 e. The number of pyridine rings is 2. The molecule has 0 spiro atoms. The lowest BCUT2D eigenvalue weighted by atomic mass is 10.2. The molecule has 0 fully saturated rings. The Kier molecular flexibility index (Phi) is 2.69. The Morgan fingerprint density at radius 3 is 2.33 bits per heavy atom. The van der Waals surface area contributed by atoms with E-state index < -0.39 is 0 Å². The van der Waals surface area contributed by atoms with E-state index in [1.165, 1.54) is 0 Å². The van der Waals surface area contributed by atoms with Crippen LogP contribution in [0, 0.1) is 13.8 Å². The van der Waals surface area contributed by atoms with Crippen LogP contribution in [0.3, 0.4) is 0 Å². The fraction of sp³-hybridized carbons (Fsp3) is 0.167. The van der Waals surface area contributed by atoms with Crippen molar-refractivity contribution in [2.45, 2.75) is 13.8 Å². The van der Waals surface area contributed by atoms with Crippen LogP contribution in [-0.2, 0) is 0 Å². The van der Waals surface area contributed by atoms with Crippen molar-refractivity contribution in [1.82, 2.24) is 9.97 Å². The van der Waals surface area contributed by atoms with Gasteiger partial charge >= 0.3 is 0 Å². The van der Waals surface area contributed by atoms with Gasteiger partial charge in [-0.1, -0.05) is 17.7 Å². The first-order valence-electron chi connectivity index (χ1n) is 4.74. The molecule has 76 valence electrons. The topological polar surface area (TPSA) is 25.8 Å². The zero-order chi connectivity index (χ0) is 10.8. The van der Waals surface area contributed by atoms with Gasteiger partial charge in [0, 0.05) is 5.69 Å². The summed E-state index contributed by atoms with van der Waals surface area (Å²) >= 11 is 5.92. The number of nitrogens with zero attached hydrogens (tertiary/aromatic N) is 2. The van der Waals surface area contributed by atoms with E-state index >= 15 is 0 Å². The summed E-state index contributed by atoms with van der Waals surface area (Å²) in [6.45, 7) is 3.86. The Morgan fingerprint density at radius 1 is 0.933 bits per heavy atom. The van der Waals surface area contributed by atoms with Crippen molar-refractivity contribution in [3.05, 3.63) is 46.7 Å². The van der Waals surface area contributed by atoms with Crippen molar-refractivity contribution in [2.24, 2.45) is 0 Å². The minimum Gasteiger partial charge on any atom is -0.251 e. The highest BCUT2D eigenvalue weighted by Crippen LogP contribution is 2.19. The van der Waals surface area contributed by atoms with Gasteiger partial charge in [0.2, 0.25) is 0 Å². The first-order chi connectivity index (χ1) is 7.16. The van der Waals surface area contributed by atoms with E-state index in [-0.39, 0.29) is 0 Å². The third-order valence-corrected chi connectivity index (χ3v) is 2.57. The molecule has 2 rings (SSSR count). The molecule has 0 aliphatic carbocycles. The second kappa shape index (κ2) is 3.99. The molecule has 2 nitrogen and oxygen atoms in total. The maximum absolute atomic E-state index is 5.92. The largest absolute Gasteiger partial charge is 0.251 e. The van der Waals surface area contributed by atoms with E-state index in [4.69, 9.17) is 11.6 Å². The second-order valence-corrected chi connectivity index (χ2v) is 3.84. The standard InChI is InChI=1S/C12H11ClN2/c1-8-4-3-5-11(14-8)12-7-6-10(13)9(2)15-12/h3-7H,1-2H3. The van der Waals surface area contributed by atoms with Gasteiger partial charge in [0.05, 0.1) is 22.1 Å². The molecule has 0 aliphatic heterocycles. The molecule has 0 N–H and O–H groups in total. The second-order valence-electron chi connectivity index (χ2n) is 3.43. The van der Waals surface area contributed by atoms with Gasteiger partial charge in [0.1, 0.15) is 0 Å². The molecule has 0 aromatic carbocycles. The first kappa shape index (κ1) is 10.1. The molecule has 0 unspecified atom stereocenters. The monoisotopic (exact) mass is 218 g/mol. The highest BCUT2D eigenvalue weighted by atomic mass is 35.5. The summed E-state index contributed by atoms with van der Waals surface area (Å²) in [7, 11) is 0. The summed E-state index contributed by atoms with van der Waals surface area (Å²) in [5.74, 6) is 0. The molecule has 2 aromatic heterocycles. The number of aromatic nitrogens is 2. The van der Waals surface area contributed by atoms with Crippen LogP contribution in [0.25, 0.3) is 11.4 Å². The summed E-state index contributed by atoms with van der Waals surface area (Å²) in [5.41, 5.74) is 3.56. The van der Waals surface area contributed by atoms with Gasteiger partial charge in [0.15, 0.2) is 0 Å². The van der Waals surface area contributed by atoms with Gasteiger partial charge in [0.25, 0.3) is 0 Å². The minimum absolute atomic E-state index is 0.686. The van der Waals surface area contributed by atoms with Crippen molar-refractivity contribution in [1.29, 1.82) is 0 Å². The van der Waals surface area contributed by atoms with Gasteiger partial charge in [-0.2, -0.15) is 0 Å². The van der Waals surface area contributed by atoms with E-state index in [2.05, 4.69) is 9.97 Å². The molecule has 0 saturated heterocycles. The lowest BCUT2D eigenvalue weighted by molar-refractivity contribution is 1.15. The van der Waals surface area contributed by atoms with E-state index in [0.717, 1.165) is 22.8 Å². The van der Waals surface area contributed by atoms with Gasteiger partial charge < -0.3 is 0 Å². The average molecular weight is 219 g/mol. The Bertz CT molecular complexity index is 495. The average Bonchev–Trinajstić information content (AvgIpc) is 2.22. The molecule has 2 heterocycles. The Morgan fingerprint density at radius 2 is 1.67 bits per heavy atom. The normalized spacial score (nSPS) is 10.3. The third-order valence-electron chi connectivity index (χ3n) is 2.17. The fourth-order valence-electron chi connectivity index (χ4n) is 1.37. The predicted molar refractivity (Wildman–Crippen MR) is 62.0 cm³/mol. The van der Waals surface area contributed by atoms with Gasteiger partial charge in [-0.15, -0.1) is 0 Å². The lowest BCUT2D eigenvalue weighted by Gasteiger charge is -2.03. The summed E-state index contributed by atoms with van der Waals surface area (Å²) in [4.78, 5) is 8.80. The van der Waals surface area contributed by atoms with Gasteiger partial charge in [-0.05, 0) is 38.1 Å². The molecule has 15 heavy (non-hydrogen) atoms. The minimum atomic E-state index is 0.686. The Labute approximate surface area is 94.0 Å². The van der Waals surface area contributed by atoms with E-state index in [1.54, 1.807) is 0 Å². The summed E-state index contributed by atoms with van der Waals surface area (Å²) in [6, 6.07) is 9.62. The van der Waals surface area contributed by atoms with E-state index in [9.17, 15) is 0 Å². The molecule has 3 heteroatoms. The number of halogens is 1. The molecular formula is C12H11ClN2. The highest BCUT2D eigenvalue weighted by Gasteiger charge is 2.03. The Balaban J connectivity index is 2.50. The van der Waals surface area contributed by atoms with Crippen molar-refractivity contribution >= 4 is 11.6 Å². The van der Waals surface area contributed by atoms with Crippen LogP contribution in [0.5, 0.6) is 0 Å². The molecule has 2 aromatic rings. The van der Waals surface area contributed by atoms with Crippen LogP contribution in [0.1, 0.15) is 11.4 Å². The lowest BCUT2D eigenvalue weighted by Crippen LogP contribution is -1.91. The SMILES string of the molecule is Cc1cccc(-c2ccc(Cl)c(C)n2)n1. The maximum atomic E-state index is 5.92. The fourth-order valence-corrected chi connectivity index (χ4v) is 1.48. The summed E-state index contributed by atoms with van der Waals surface area (Å²) < 4.78 is 0. The Hall–Kier alpha value is -1.41. The number of aryl methyl sites for hydroxylation is 2.